The van der Waals surface area contributed by atoms with Crippen LogP contribution in [-0.2, 0) is 14.3 Å². The minimum atomic E-state index is -0.476. The number of hydrogen-bond donors (Lipinski definition) is 3. The van der Waals surface area contributed by atoms with Crippen molar-refractivity contribution in [3.8, 4) is 11.5 Å². The molecule has 0 spiro atoms. The average molecular weight is 444 g/mol. The van der Waals surface area contributed by atoms with E-state index in [9.17, 15) is 14.4 Å². The number of rotatable bonds is 12. The highest BCUT2D eigenvalue weighted by Gasteiger charge is 2.10. The van der Waals surface area contributed by atoms with Crippen LogP contribution in [0, 0.1) is 0 Å². The first-order valence-electron chi connectivity index (χ1n) is 10.4. The second-order valence-electron chi connectivity index (χ2n) is 6.58. The number of carbonyl (C=O) groups excluding carboxylic acids is 3. The second-order valence-corrected chi connectivity index (χ2v) is 6.58. The highest BCUT2D eigenvalue weighted by atomic mass is 16.5. The van der Waals surface area contributed by atoms with Crippen LogP contribution in [0.2, 0.25) is 0 Å². The van der Waals surface area contributed by atoms with Crippen molar-refractivity contribution in [2.24, 2.45) is 0 Å². The first kappa shape index (κ1) is 24.7. The van der Waals surface area contributed by atoms with Crippen molar-refractivity contribution in [3.63, 3.8) is 0 Å². The van der Waals surface area contributed by atoms with Crippen molar-refractivity contribution < 1.29 is 28.6 Å². The molecule has 2 rings (SSSR count). The third-order valence-electron chi connectivity index (χ3n) is 4.16. The lowest BCUT2D eigenvalue weighted by Crippen LogP contribution is -2.41. The van der Waals surface area contributed by atoms with E-state index in [1.54, 1.807) is 48.5 Å². The smallest absolute Gasteiger partial charge is 0.269 e. The van der Waals surface area contributed by atoms with Gasteiger partial charge in [-0.25, -0.2) is 0 Å². The van der Waals surface area contributed by atoms with Crippen LogP contribution in [0.4, 0.5) is 5.69 Å². The van der Waals surface area contributed by atoms with Gasteiger partial charge in [0.2, 0.25) is 11.8 Å². The Hall–Kier alpha value is -3.59. The molecule has 3 N–H and O–H groups in total. The summed E-state index contributed by atoms with van der Waals surface area (Å²) >= 11 is 0. The van der Waals surface area contributed by atoms with Crippen molar-refractivity contribution in [2.75, 3.05) is 31.7 Å². The number of amides is 3. The molecule has 0 bridgehead atoms. The molecule has 2 aromatic rings. The summed E-state index contributed by atoms with van der Waals surface area (Å²) in [5.74, 6) is 0.0675. The first-order chi connectivity index (χ1) is 15.5. The maximum atomic E-state index is 12.1. The number of hydrogen-bond acceptors (Lipinski definition) is 6. The van der Waals surface area contributed by atoms with Gasteiger partial charge in [0.25, 0.3) is 5.91 Å². The van der Waals surface area contributed by atoms with Crippen LogP contribution < -0.4 is 25.6 Å². The van der Waals surface area contributed by atoms with Crippen LogP contribution >= 0.6 is 0 Å². The first-order valence-corrected chi connectivity index (χ1v) is 10.4. The van der Waals surface area contributed by atoms with E-state index in [0.717, 1.165) is 0 Å². The molecule has 0 fully saturated rings. The summed E-state index contributed by atoms with van der Waals surface area (Å²) < 4.78 is 16.0. The third-order valence-corrected chi connectivity index (χ3v) is 4.16. The highest BCUT2D eigenvalue weighted by molar-refractivity contribution is 5.96. The molecular weight excluding hydrogens is 414 g/mol. The van der Waals surface area contributed by atoms with Crippen LogP contribution in [-0.4, -0.2) is 44.1 Å². The fourth-order valence-electron chi connectivity index (χ4n) is 2.58. The van der Waals surface area contributed by atoms with Gasteiger partial charge in [0.05, 0.1) is 13.2 Å². The van der Waals surface area contributed by atoms with Crippen molar-refractivity contribution in [3.05, 3.63) is 54.1 Å². The number of nitrogens with one attached hydrogen (secondary N) is 3. The lowest BCUT2D eigenvalue weighted by molar-refractivity contribution is -0.124. The van der Waals surface area contributed by atoms with Gasteiger partial charge in [-0.2, -0.15) is 0 Å². The standard InChI is InChI=1S/C23H29N3O6/c1-3-30-15-16-32-20-9-5-17(6-10-20)23(29)26-25-22(28)14-13-21(27)24-18-7-11-19(12-8-18)31-4-2/h5-12H,3-4,13-16H2,1-2H3,(H,24,27)(H,25,28)(H,26,29). The monoisotopic (exact) mass is 443 g/mol. The molecule has 0 heterocycles. The van der Waals surface area contributed by atoms with Gasteiger partial charge in [-0.1, -0.05) is 0 Å². The topological polar surface area (TPSA) is 115 Å². The summed E-state index contributed by atoms with van der Waals surface area (Å²) in [4.78, 5) is 36.1. The Morgan fingerprint density at radius 2 is 1.34 bits per heavy atom. The fourth-order valence-corrected chi connectivity index (χ4v) is 2.58. The fraction of sp³-hybridized carbons (Fsp3) is 0.348. The largest absolute Gasteiger partial charge is 0.494 e. The van der Waals surface area contributed by atoms with Gasteiger partial charge < -0.3 is 19.5 Å². The Labute approximate surface area is 187 Å². The SMILES string of the molecule is CCOCCOc1ccc(C(=O)NNC(=O)CCC(=O)Nc2ccc(OCC)cc2)cc1. The molecule has 0 radical (unpaired) electrons. The molecule has 0 unspecified atom stereocenters. The highest BCUT2D eigenvalue weighted by Crippen LogP contribution is 2.16. The van der Waals surface area contributed by atoms with Gasteiger partial charge in [0, 0.05) is 30.7 Å². The van der Waals surface area contributed by atoms with Gasteiger partial charge in [-0.3, -0.25) is 25.2 Å². The molecule has 0 aliphatic carbocycles. The predicted octanol–water partition coefficient (Wildman–Crippen LogP) is 2.68. The zero-order valence-electron chi connectivity index (χ0n) is 18.3. The Kier molecular flexibility index (Phi) is 10.5. The second kappa shape index (κ2) is 13.7. The molecule has 0 atom stereocenters. The summed E-state index contributed by atoms with van der Waals surface area (Å²) in [5.41, 5.74) is 5.59. The van der Waals surface area contributed by atoms with Crippen LogP contribution in [0.3, 0.4) is 0 Å². The van der Waals surface area contributed by atoms with Gasteiger partial charge >= 0.3 is 0 Å². The summed E-state index contributed by atoms with van der Waals surface area (Å²) in [5, 5.41) is 2.70. The predicted molar refractivity (Wildman–Crippen MR) is 120 cm³/mol. The van der Waals surface area contributed by atoms with E-state index < -0.39 is 11.8 Å². The van der Waals surface area contributed by atoms with Crippen LogP contribution in [0.5, 0.6) is 11.5 Å². The van der Waals surface area contributed by atoms with Crippen molar-refractivity contribution in [2.45, 2.75) is 26.7 Å². The van der Waals surface area contributed by atoms with Crippen LogP contribution in [0.15, 0.2) is 48.5 Å². The molecule has 0 aliphatic heterocycles. The summed E-state index contributed by atoms with van der Waals surface area (Å²) in [7, 11) is 0. The Morgan fingerprint density at radius 3 is 2.00 bits per heavy atom. The van der Waals surface area contributed by atoms with E-state index >= 15 is 0 Å². The Balaban J connectivity index is 1.67. The molecule has 172 valence electrons. The zero-order chi connectivity index (χ0) is 23.2. The molecule has 0 aliphatic rings. The van der Waals surface area contributed by atoms with Gasteiger partial charge in [0.1, 0.15) is 18.1 Å². The molecule has 0 aromatic heterocycles. The maximum Gasteiger partial charge on any atom is 0.269 e. The van der Waals surface area contributed by atoms with E-state index in [2.05, 4.69) is 16.2 Å². The van der Waals surface area contributed by atoms with E-state index in [-0.39, 0.29) is 18.7 Å². The summed E-state index contributed by atoms with van der Waals surface area (Å²) in [6, 6.07) is 13.4. The van der Waals surface area contributed by atoms with Gasteiger partial charge in [0.15, 0.2) is 0 Å². The minimum Gasteiger partial charge on any atom is -0.494 e. The number of anilines is 1. The molecule has 32 heavy (non-hydrogen) atoms. The van der Waals surface area contributed by atoms with E-state index in [1.807, 2.05) is 13.8 Å². The average Bonchev–Trinajstić information content (AvgIpc) is 2.81. The van der Waals surface area contributed by atoms with Crippen molar-refractivity contribution >= 4 is 23.4 Å². The van der Waals surface area contributed by atoms with Gasteiger partial charge in [-0.05, 0) is 62.4 Å². The van der Waals surface area contributed by atoms with Crippen LogP contribution in [0.25, 0.3) is 0 Å². The van der Waals surface area contributed by atoms with Gasteiger partial charge in [-0.15, -0.1) is 0 Å². The minimum absolute atomic E-state index is 0.0251. The molecule has 9 nitrogen and oxygen atoms in total. The molecule has 2 aromatic carbocycles. The summed E-state index contributed by atoms with van der Waals surface area (Å²) in [6.07, 6.45) is -0.0988. The van der Waals surface area contributed by atoms with Crippen molar-refractivity contribution in [1.82, 2.24) is 10.9 Å². The lowest BCUT2D eigenvalue weighted by Gasteiger charge is -2.09. The summed E-state index contributed by atoms with van der Waals surface area (Å²) in [6.45, 7) is 5.89. The maximum absolute atomic E-state index is 12.1. The molecule has 0 saturated heterocycles. The Bertz CT molecular complexity index is 868. The number of carbonyl (C=O) groups is 3. The third kappa shape index (κ3) is 9.05. The van der Waals surface area contributed by atoms with E-state index in [4.69, 9.17) is 14.2 Å². The molecular formula is C23H29N3O6. The number of hydrazine groups is 1. The molecule has 9 heteroatoms. The van der Waals surface area contributed by atoms with Crippen LogP contribution in [0.1, 0.15) is 37.0 Å². The van der Waals surface area contributed by atoms with E-state index in [0.29, 0.717) is 49.2 Å². The Morgan fingerprint density at radius 1 is 0.719 bits per heavy atom. The molecule has 0 saturated carbocycles. The molecule has 3 amide bonds. The number of benzene rings is 2. The normalized spacial score (nSPS) is 10.2. The van der Waals surface area contributed by atoms with Crippen molar-refractivity contribution in [1.29, 1.82) is 0 Å². The lowest BCUT2D eigenvalue weighted by atomic mass is 10.2. The van der Waals surface area contributed by atoms with E-state index in [1.165, 1.54) is 0 Å². The number of ether oxygens (including phenoxy) is 3. The zero-order valence-corrected chi connectivity index (χ0v) is 18.3. The quantitative estimate of drug-likeness (QED) is 0.343.